The van der Waals surface area contributed by atoms with Gasteiger partial charge in [0.25, 0.3) is 0 Å². The van der Waals surface area contributed by atoms with E-state index in [1.165, 1.54) is 49.8 Å². The van der Waals surface area contributed by atoms with Gasteiger partial charge in [-0.05, 0) is 109 Å². The normalized spacial score (nSPS) is 15.7. The minimum absolute atomic E-state index is 0.146. The van der Waals surface area contributed by atoms with Crippen LogP contribution in [0.3, 0.4) is 0 Å². The van der Waals surface area contributed by atoms with Crippen molar-refractivity contribution in [1.29, 1.82) is 0 Å². The van der Waals surface area contributed by atoms with E-state index >= 15 is 0 Å². The maximum atomic E-state index is 12.1. The molecule has 0 aliphatic carbocycles. The Labute approximate surface area is 522 Å². The second-order valence-electron chi connectivity index (χ2n) is 27.0. The highest BCUT2D eigenvalue weighted by atomic mass is 16.6. The minimum Gasteiger partial charge on any atom is -0.443 e. The van der Waals surface area contributed by atoms with E-state index < -0.39 is 17.8 Å². The highest BCUT2D eigenvalue weighted by Gasteiger charge is 2.30. The van der Waals surface area contributed by atoms with Gasteiger partial charge >= 0.3 is 6.09 Å². The SMILES string of the molecule is CCc1nc(C(C)O)c(C)n1C(=O)OC(C)(C)C.CCc1nc([C@@H](C)N2CCN(c3cccc4[nH]c(-c5ccc(C(C)(C)C)cc5)nc34)CC2)c(C)[nH]1.CCc1nc([C@H](C)N2CCN(c3cccc4[nH]c(-c5ccc(C(C)(C)C)cc5)nc34)CC2)c(C)[nH]1. The van der Waals surface area contributed by atoms with Crippen molar-refractivity contribution in [2.45, 2.75) is 179 Å². The number of rotatable bonds is 12. The van der Waals surface area contributed by atoms with Gasteiger partial charge in [0.1, 0.15) is 45.8 Å². The molecule has 0 bridgehead atoms. The Bertz CT molecular complexity index is 3580. The molecule has 2 saturated heterocycles. The second-order valence-corrected chi connectivity index (χ2v) is 27.0. The van der Waals surface area contributed by atoms with Gasteiger partial charge in [0.05, 0.1) is 63.4 Å². The molecule has 88 heavy (non-hydrogen) atoms. The lowest BCUT2D eigenvalue weighted by atomic mass is 9.87. The quantitative estimate of drug-likeness (QED) is 0.0779. The number of aliphatic hydroxyl groups excluding tert-OH is 1. The highest BCUT2D eigenvalue weighted by molar-refractivity contribution is 5.92. The van der Waals surface area contributed by atoms with Crippen LogP contribution < -0.4 is 9.80 Å². The number of carbonyl (C=O) groups excluding carboxylic acids is 1. The Kier molecular flexibility index (Phi) is 19.6. The van der Waals surface area contributed by atoms with E-state index in [9.17, 15) is 9.90 Å². The van der Waals surface area contributed by atoms with Gasteiger partial charge in [-0.25, -0.2) is 34.3 Å². The van der Waals surface area contributed by atoms with Crippen LogP contribution in [-0.2, 0) is 34.8 Å². The van der Waals surface area contributed by atoms with Crippen LogP contribution in [0.15, 0.2) is 84.9 Å². The van der Waals surface area contributed by atoms with Crippen LogP contribution in [0.1, 0.15) is 185 Å². The van der Waals surface area contributed by atoms with Crippen molar-refractivity contribution in [3.8, 4) is 22.8 Å². The molecule has 17 heteroatoms. The zero-order chi connectivity index (χ0) is 63.6. The molecule has 11 rings (SSSR count). The summed E-state index contributed by atoms with van der Waals surface area (Å²) in [6.07, 6.45) is 1.35. The van der Waals surface area contributed by atoms with Gasteiger partial charge in [-0.15, -0.1) is 0 Å². The molecule has 1 unspecified atom stereocenters. The number of aromatic amines is 4. The number of carbonyl (C=O) groups is 1. The third-order valence-electron chi connectivity index (χ3n) is 17.3. The predicted molar refractivity (Wildman–Crippen MR) is 359 cm³/mol. The van der Waals surface area contributed by atoms with E-state index in [1.54, 1.807) is 13.8 Å². The average molecular weight is 1200 g/mol. The summed E-state index contributed by atoms with van der Waals surface area (Å²) >= 11 is 0. The first-order valence-electron chi connectivity index (χ1n) is 31.9. The Hall–Kier alpha value is -7.60. The Morgan fingerprint density at radius 2 is 0.920 bits per heavy atom. The summed E-state index contributed by atoms with van der Waals surface area (Å²) in [5, 5.41) is 9.62. The molecule has 2 aliphatic rings. The lowest BCUT2D eigenvalue weighted by Crippen LogP contribution is -2.47. The number of aromatic nitrogens is 10. The molecule has 2 aliphatic heterocycles. The summed E-state index contributed by atoms with van der Waals surface area (Å²) in [5.41, 5.74) is 17.3. The molecule has 0 saturated carbocycles. The minimum atomic E-state index is -0.695. The van der Waals surface area contributed by atoms with Gasteiger partial charge in [0, 0.05) is 94.1 Å². The topological polar surface area (TPSA) is 192 Å². The summed E-state index contributed by atoms with van der Waals surface area (Å²) < 4.78 is 6.78. The molecular formula is C71H98N14O3. The van der Waals surface area contributed by atoms with Crippen LogP contribution in [0.2, 0.25) is 0 Å². The van der Waals surface area contributed by atoms with Gasteiger partial charge in [0.15, 0.2) is 0 Å². The highest BCUT2D eigenvalue weighted by Crippen LogP contribution is 2.35. The molecule has 7 heterocycles. The number of fused-ring (bicyclic) bond motifs is 2. The van der Waals surface area contributed by atoms with Crippen molar-refractivity contribution < 1.29 is 14.6 Å². The number of nitrogens with zero attached hydrogens (tertiary/aromatic N) is 10. The van der Waals surface area contributed by atoms with E-state index in [0.717, 1.165) is 122 Å². The van der Waals surface area contributed by atoms with Crippen LogP contribution in [0, 0.1) is 20.8 Å². The maximum Gasteiger partial charge on any atom is 0.420 e. The molecule has 2 fully saturated rings. The molecule has 9 aromatic rings. The maximum absolute atomic E-state index is 12.1. The summed E-state index contributed by atoms with van der Waals surface area (Å²) in [4.78, 5) is 60.2. The molecule has 0 radical (unpaired) electrons. The Morgan fingerprint density at radius 3 is 1.25 bits per heavy atom. The van der Waals surface area contributed by atoms with Gasteiger partial charge < -0.3 is 39.6 Å². The van der Waals surface area contributed by atoms with Gasteiger partial charge in [-0.3, -0.25) is 9.80 Å². The smallest absolute Gasteiger partial charge is 0.420 e. The summed E-state index contributed by atoms with van der Waals surface area (Å²) in [7, 11) is 0. The third kappa shape index (κ3) is 14.6. The number of para-hydroxylation sites is 2. The van der Waals surface area contributed by atoms with E-state index in [4.69, 9.17) is 24.7 Å². The van der Waals surface area contributed by atoms with Gasteiger partial charge in [0.2, 0.25) is 0 Å². The number of ether oxygens (including phenoxy) is 1. The van der Waals surface area contributed by atoms with Crippen LogP contribution in [0.4, 0.5) is 16.2 Å². The fourth-order valence-corrected chi connectivity index (χ4v) is 12.1. The molecule has 3 atom stereocenters. The number of anilines is 2. The molecule has 0 amide bonds. The third-order valence-corrected chi connectivity index (χ3v) is 17.3. The number of piperazine rings is 2. The first kappa shape index (κ1) is 64.9. The molecule has 4 aromatic carbocycles. The number of H-pyrrole nitrogens is 4. The number of hydrogen-bond acceptors (Lipinski definition) is 12. The molecule has 5 N–H and O–H groups in total. The van der Waals surface area contributed by atoms with Crippen LogP contribution in [0.25, 0.3) is 44.8 Å². The predicted octanol–water partition coefficient (Wildman–Crippen LogP) is 14.6. The van der Waals surface area contributed by atoms with Crippen molar-refractivity contribution in [1.82, 2.24) is 59.2 Å². The van der Waals surface area contributed by atoms with E-state index in [-0.39, 0.29) is 10.8 Å². The lowest BCUT2D eigenvalue weighted by Gasteiger charge is -2.38. The largest absolute Gasteiger partial charge is 0.443 e. The van der Waals surface area contributed by atoms with Crippen LogP contribution in [-0.4, -0.2) is 128 Å². The second kappa shape index (κ2) is 26.6. The molecule has 5 aromatic heterocycles. The zero-order valence-corrected chi connectivity index (χ0v) is 55.8. The number of benzene rings is 4. The fourth-order valence-electron chi connectivity index (χ4n) is 12.1. The molecule has 0 spiro atoms. The Morgan fingerprint density at radius 1 is 0.523 bits per heavy atom. The number of imidazole rings is 5. The number of aliphatic hydroxyl groups is 1. The fraction of sp³-hybridized carbons (Fsp3) is 0.493. The number of aryl methyl sites for hydroxylation is 5. The lowest BCUT2D eigenvalue weighted by molar-refractivity contribution is 0.0528. The average Bonchev–Trinajstić information content (AvgIpc) is 1.92. The Balaban J connectivity index is 0.000000166. The van der Waals surface area contributed by atoms with Crippen molar-refractivity contribution in [2.75, 3.05) is 62.2 Å². The molecule has 17 nitrogen and oxygen atoms in total. The van der Waals surface area contributed by atoms with Crippen molar-refractivity contribution >= 4 is 39.5 Å². The van der Waals surface area contributed by atoms with E-state index in [1.807, 2.05) is 27.7 Å². The van der Waals surface area contributed by atoms with Crippen molar-refractivity contribution in [2.24, 2.45) is 0 Å². The number of hydrogen-bond donors (Lipinski definition) is 5. The number of nitrogens with one attached hydrogen (secondary N) is 4. The molecular weight excluding hydrogens is 1100 g/mol. The van der Waals surface area contributed by atoms with Gasteiger partial charge in [-0.1, -0.05) is 123 Å². The van der Waals surface area contributed by atoms with Crippen molar-refractivity contribution in [3.05, 3.63) is 148 Å². The van der Waals surface area contributed by atoms with Gasteiger partial charge in [-0.2, -0.15) is 0 Å². The zero-order valence-electron chi connectivity index (χ0n) is 55.8. The standard InChI is InChI=1S/2C29H38N6.C13H22N2O3/c2*1-7-25-30-19(2)26(32-25)20(3)34-15-17-35(18-16-34)24-10-8-9-23-27(24)33-28(31-23)21-11-13-22(14-12-21)29(4,5)6;1-7-10-14-11(9(3)16)8(2)15(10)12(17)18-13(4,5)6/h2*8-14,20H,7,15-18H2,1-6H3,(H,30,32)(H,31,33);9,16H,7H2,1-6H3/t2*20-;/m10./s1. The monoisotopic (exact) mass is 1190 g/mol. The molecule has 470 valence electrons. The van der Waals surface area contributed by atoms with Crippen LogP contribution >= 0.6 is 0 Å². The van der Waals surface area contributed by atoms with E-state index in [0.29, 0.717) is 35.7 Å². The first-order chi connectivity index (χ1) is 41.7. The van der Waals surface area contributed by atoms with E-state index in [2.05, 4.69) is 213 Å². The summed E-state index contributed by atoms with van der Waals surface area (Å²) in [6, 6.07) is 31.2. The summed E-state index contributed by atoms with van der Waals surface area (Å²) in [6.45, 7) is 45.3. The van der Waals surface area contributed by atoms with Crippen molar-refractivity contribution in [3.63, 3.8) is 0 Å². The first-order valence-corrected chi connectivity index (χ1v) is 31.9. The summed E-state index contributed by atoms with van der Waals surface area (Å²) in [5.74, 6) is 4.63. The van der Waals surface area contributed by atoms with Crippen LogP contribution in [0.5, 0.6) is 0 Å².